The van der Waals surface area contributed by atoms with Crippen molar-refractivity contribution in [1.29, 1.82) is 0 Å². The summed E-state index contributed by atoms with van der Waals surface area (Å²) in [6, 6.07) is 7.77. The Labute approximate surface area is 109 Å². The molecule has 0 saturated carbocycles. The maximum Gasteiger partial charge on any atom is 0.159 e. The van der Waals surface area contributed by atoms with Crippen molar-refractivity contribution in [2.75, 3.05) is 25.1 Å². The topological polar surface area (TPSA) is 29.5 Å². The Morgan fingerprint density at radius 1 is 1.33 bits per heavy atom. The van der Waals surface area contributed by atoms with Gasteiger partial charge in [-0.1, -0.05) is 0 Å². The van der Waals surface area contributed by atoms with Crippen LogP contribution in [0.4, 0.5) is 5.69 Å². The van der Waals surface area contributed by atoms with Crippen LogP contribution in [0.15, 0.2) is 24.3 Å². The van der Waals surface area contributed by atoms with E-state index in [1.165, 1.54) is 12.8 Å². The second kappa shape index (κ2) is 6.01. The molecular formula is C15H21NO2. The van der Waals surface area contributed by atoms with Crippen LogP contribution in [0.2, 0.25) is 0 Å². The van der Waals surface area contributed by atoms with Crippen LogP contribution in [-0.2, 0) is 4.74 Å². The lowest BCUT2D eigenvalue weighted by Gasteiger charge is -2.28. The number of hydrogen-bond acceptors (Lipinski definition) is 3. The highest BCUT2D eigenvalue weighted by Crippen LogP contribution is 2.18. The lowest BCUT2D eigenvalue weighted by atomic mass is 10.1. The Morgan fingerprint density at radius 3 is 2.61 bits per heavy atom. The second-order valence-electron chi connectivity index (χ2n) is 4.97. The van der Waals surface area contributed by atoms with Gasteiger partial charge in [-0.05, 0) is 50.5 Å². The van der Waals surface area contributed by atoms with Gasteiger partial charge in [0.2, 0.25) is 0 Å². The van der Waals surface area contributed by atoms with Gasteiger partial charge in [-0.25, -0.2) is 0 Å². The maximum atomic E-state index is 11.2. The van der Waals surface area contributed by atoms with Gasteiger partial charge in [-0.2, -0.15) is 0 Å². The smallest absolute Gasteiger partial charge is 0.159 e. The summed E-state index contributed by atoms with van der Waals surface area (Å²) in [6.45, 7) is 3.40. The molecule has 1 aromatic rings. The van der Waals surface area contributed by atoms with Gasteiger partial charge in [0.05, 0.1) is 6.10 Å². The van der Waals surface area contributed by atoms with E-state index >= 15 is 0 Å². The molecule has 0 spiro atoms. The van der Waals surface area contributed by atoms with Gasteiger partial charge in [0.25, 0.3) is 0 Å². The number of nitrogens with zero attached hydrogens (tertiary/aromatic N) is 1. The molecule has 1 heterocycles. The van der Waals surface area contributed by atoms with E-state index in [1.807, 2.05) is 24.3 Å². The van der Waals surface area contributed by atoms with Crippen LogP contribution in [0.1, 0.15) is 36.5 Å². The first kappa shape index (κ1) is 13.1. The predicted molar refractivity (Wildman–Crippen MR) is 73.3 cm³/mol. The molecule has 0 radical (unpaired) electrons. The van der Waals surface area contributed by atoms with E-state index in [-0.39, 0.29) is 5.78 Å². The largest absolute Gasteiger partial charge is 0.376 e. The molecule has 0 bridgehead atoms. The summed E-state index contributed by atoms with van der Waals surface area (Å²) in [5.41, 5.74) is 1.90. The number of anilines is 1. The summed E-state index contributed by atoms with van der Waals surface area (Å²) in [4.78, 5) is 13.4. The van der Waals surface area contributed by atoms with Crippen molar-refractivity contribution < 1.29 is 9.53 Å². The van der Waals surface area contributed by atoms with E-state index in [2.05, 4.69) is 11.9 Å². The first-order valence-corrected chi connectivity index (χ1v) is 6.60. The van der Waals surface area contributed by atoms with E-state index in [4.69, 9.17) is 4.74 Å². The van der Waals surface area contributed by atoms with E-state index in [0.717, 1.165) is 30.8 Å². The van der Waals surface area contributed by atoms with E-state index in [0.29, 0.717) is 6.10 Å². The Balaban J connectivity index is 1.95. The van der Waals surface area contributed by atoms with Gasteiger partial charge in [0.15, 0.2) is 5.78 Å². The number of carbonyl (C=O) groups is 1. The molecular weight excluding hydrogens is 226 g/mol. The summed E-state index contributed by atoms with van der Waals surface area (Å²) >= 11 is 0. The third-order valence-corrected chi connectivity index (χ3v) is 3.47. The number of hydrogen-bond donors (Lipinski definition) is 0. The van der Waals surface area contributed by atoms with E-state index < -0.39 is 0 Å². The van der Waals surface area contributed by atoms with Gasteiger partial charge >= 0.3 is 0 Å². The zero-order valence-electron chi connectivity index (χ0n) is 11.2. The number of rotatable bonds is 4. The van der Waals surface area contributed by atoms with Crippen molar-refractivity contribution in [3.8, 4) is 0 Å². The van der Waals surface area contributed by atoms with Crippen LogP contribution in [0.5, 0.6) is 0 Å². The number of ether oxygens (including phenoxy) is 1. The normalized spacial score (nSPS) is 19.6. The van der Waals surface area contributed by atoms with Crippen molar-refractivity contribution in [2.24, 2.45) is 0 Å². The first-order chi connectivity index (χ1) is 8.66. The van der Waals surface area contributed by atoms with Gasteiger partial charge in [0, 0.05) is 31.5 Å². The minimum atomic E-state index is 0.111. The molecule has 1 aliphatic rings. The predicted octanol–water partition coefficient (Wildman–Crippen LogP) is 2.89. The van der Waals surface area contributed by atoms with Crippen molar-refractivity contribution >= 4 is 11.5 Å². The summed E-state index contributed by atoms with van der Waals surface area (Å²) in [5.74, 6) is 0.111. The van der Waals surface area contributed by atoms with Crippen LogP contribution >= 0.6 is 0 Å². The fourth-order valence-corrected chi connectivity index (χ4v) is 2.31. The minimum Gasteiger partial charge on any atom is -0.376 e. The van der Waals surface area contributed by atoms with Crippen LogP contribution in [0, 0.1) is 0 Å². The summed E-state index contributed by atoms with van der Waals surface area (Å²) < 4.78 is 5.74. The standard InChI is InChI=1S/C15H21NO2/c1-12(17)13-6-8-14(9-7-13)16(2)11-15-5-3-4-10-18-15/h6-9,15H,3-5,10-11H2,1-2H3. The molecule has 0 amide bonds. The van der Waals surface area contributed by atoms with E-state index in [9.17, 15) is 4.79 Å². The number of carbonyl (C=O) groups excluding carboxylic acids is 1. The quantitative estimate of drug-likeness (QED) is 0.766. The summed E-state index contributed by atoms with van der Waals surface area (Å²) in [7, 11) is 2.07. The third-order valence-electron chi connectivity index (χ3n) is 3.47. The molecule has 0 aromatic heterocycles. The number of Topliss-reactive ketones (excluding diaryl/α,β-unsaturated/α-hetero) is 1. The molecule has 1 fully saturated rings. The van der Waals surface area contributed by atoms with E-state index in [1.54, 1.807) is 6.92 Å². The Hall–Kier alpha value is -1.35. The average molecular weight is 247 g/mol. The van der Waals surface area contributed by atoms with Crippen molar-refractivity contribution in [3.63, 3.8) is 0 Å². The summed E-state index contributed by atoms with van der Waals surface area (Å²) in [5, 5.41) is 0. The molecule has 3 heteroatoms. The highest BCUT2D eigenvalue weighted by atomic mass is 16.5. The first-order valence-electron chi connectivity index (χ1n) is 6.60. The lowest BCUT2D eigenvalue weighted by Crippen LogP contribution is -2.33. The molecule has 3 nitrogen and oxygen atoms in total. The number of benzene rings is 1. The molecule has 1 saturated heterocycles. The zero-order chi connectivity index (χ0) is 13.0. The molecule has 0 aliphatic carbocycles. The van der Waals surface area contributed by atoms with Gasteiger partial charge in [0.1, 0.15) is 0 Å². The molecule has 1 aliphatic heterocycles. The zero-order valence-corrected chi connectivity index (χ0v) is 11.2. The summed E-state index contributed by atoms with van der Waals surface area (Å²) in [6.07, 6.45) is 3.95. The Morgan fingerprint density at radius 2 is 2.06 bits per heavy atom. The average Bonchev–Trinajstić information content (AvgIpc) is 2.40. The van der Waals surface area contributed by atoms with Gasteiger partial charge in [-0.15, -0.1) is 0 Å². The number of likely N-dealkylation sites (N-methyl/N-ethyl adjacent to an activating group) is 1. The fourth-order valence-electron chi connectivity index (χ4n) is 2.31. The SMILES string of the molecule is CC(=O)c1ccc(N(C)CC2CCCCO2)cc1. The van der Waals surface area contributed by atoms with Crippen LogP contribution in [-0.4, -0.2) is 32.1 Å². The number of ketones is 1. The monoisotopic (exact) mass is 247 g/mol. The fraction of sp³-hybridized carbons (Fsp3) is 0.533. The van der Waals surface area contributed by atoms with Gasteiger partial charge in [-0.3, -0.25) is 4.79 Å². The molecule has 1 aromatic carbocycles. The van der Waals surface area contributed by atoms with Crippen LogP contribution < -0.4 is 4.90 Å². The van der Waals surface area contributed by atoms with Gasteiger partial charge < -0.3 is 9.64 Å². The molecule has 1 unspecified atom stereocenters. The minimum absolute atomic E-state index is 0.111. The molecule has 1 atom stereocenters. The highest BCUT2D eigenvalue weighted by molar-refractivity contribution is 5.94. The third kappa shape index (κ3) is 3.33. The molecule has 98 valence electrons. The molecule has 0 N–H and O–H groups in total. The van der Waals surface area contributed by atoms with Crippen molar-refractivity contribution in [3.05, 3.63) is 29.8 Å². The van der Waals surface area contributed by atoms with Crippen molar-refractivity contribution in [2.45, 2.75) is 32.3 Å². The second-order valence-corrected chi connectivity index (χ2v) is 4.97. The highest BCUT2D eigenvalue weighted by Gasteiger charge is 2.16. The Kier molecular flexibility index (Phi) is 4.37. The Bertz CT molecular complexity index is 393. The van der Waals surface area contributed by atoms with Crippen LogP contribution in [0.3, 0.4) is 0 Å². The molecule has 2 rings (SSSR count). The maximum absolute atomic E-state index is 11.2. The van der Waals surface area contributed by atoms with Crippen molar-refractivity contribution in [1.82, 2.24) is 0 Å². The lowest BCUT2D eigenvalue weighted by molar-refractivity contribution is 0.0216. The van der Waals surface area contributed by atoms with Crippen LogP contribution in [0.25, 0.3) is 0 Å². The molecule has 18 heavy (non-hydrogen) atoms.